The van der Waals surface area contributed by atoms with Crippen LogP contribution >= 0.6 is 0 Å². The maximum Gasteiger partial charge on any atom is 3.00 e. The van der Waals surface area contributed by atoms with Crippen LogP contribution in [0, 0.1) is 0 Å². The zero-order valence-electron chi connectivity index (χ0n) is 3.57. The van der Waals surface area contributed by atoms with Crippen LogP contribution in [-0.4, -0.2) is 36.5 Å². The first-order valence-corrected chi connectivity index (χ1v) is 2.69. The molecule has 0 aliphatic rings. The summed E-state index contributed by atoms with van der Waals surface area (Å²) >= 11 is 0. The fraction of sp³-hybridized carbons (Fsp3) is 0. The van der Waals surface area contributed by atoms with E-state index in [9.17, 15) is 0 Å². The molecule has 0 atom stereocenters. The van der Waals surface area contributed by atoms with Gasteiger partial charge in [-0.15, -0.1) is 0 Å². The van der Waals surface area contributed by atoms with Gasteiger partial charge in [0.15, 0.2) is 9.05 Å². The van der Waals surface area contributed by atoms with Gasteiger partial charge in [0, 0.05) is 0 Å². The van der Waals surface area contributed by atoms with Crippen LogP contribution in [0.5, 0.6) is 0 Å². The zero-order chi connectivity index (χ0) is 5.21. The minimum Gasteiger partial charge on any atom is -1.00 e. The van der Waals surface area contributed by atoms with E-state index >= 15 is 0 Å². The standard InChI is InChI=1S/Al.ClH.H2O5Si/c;;1-5-6(2,3)4/h;1H;1-2H/q+3;;-2/p-1. The first kappa shape index (κ1) is 15.9. The molecular weight excluding hydrogens is 171 g/mol. The summed E-state index contributed by atoms with van der Waals surface area (Å²) in [5.74, 6) is 0. The Balaban J connectivity index is -0.000000125. The second kappa shape index (κ2) is 5.97. The van der Waals surface area contributed by atoms with Gasteiger partial charge in [0.25, 0.3) is 0 Å². The molecule has 8 heavy (non-hydrogen) atoms. The Hall–Kier alpha value is 0.839. The van der Waals surface area contributed by atoms with Crippen molar-refractivity contribution in [2.45, 2.75) is 0 Å². The van der Waals surface area contributed by atoms with Crippen molar-refractivity contribution < 1.29 is 36.6 Å². The van der Waals surface area contributed by atoms with Crippen molar-refractivity contribution in [1.82, 2.24) is 0 Å². The summed E-state index contributed by atoms with van der Waals surface area (Å²) in [5, 5.41) is 7.09. The van der Waals surface area contributed by atoms with E-state index < -0.39 is 9.05 Å². The Morgan fingerprint density at radius 2 is 1.50 bits per heavy atom. The molecule has 0 spiro atoms. The van der Waals surface area contributed by atoms with Crippen LogP contribution in [-0.2, 0) is 4.58 Å². The van der Waals surface area contributed by atoms with E-state index in [2.05, 4.69) is 4.58 Å². The first-order chi connectivity index (χ1) is 2.56. The third kappa shape index (κ3) is 15.8. The molecule has 5 nitrogen and oxygen atoms in total. The van der Waals surface area contributed by atoms with Gasteiger partial charge < -0.3 is 26.8 Å². The molecule has 0 aliphatic carbocycles. The predicted molar refractivity (Wildman–Crippen MR) is 17.4 cm³/mol. The first-order valence-electron chi connectivity index (χ1n) is 1.02. The SMILES string of the molecule is [Al+3].[Cl-].[O-][Si]([O-])(O)OO. The van der Waals surface area contributed by atoms with Crippen molar-refractivity contribution in [1.29, 1.82) is 0 Å². The fourth-order valence-electron chi connectivity index (χ4n) is 0. The van der Waals surface area contributed by atoms with E-state index in [4.69, 9.17) is 19.6 Å². The Morgan fingerprint density at radius 1 is 1.38 bits per heavy atom. The average Bonchev–Trinajstić information content (AvgIpc) is 1.35. The second-order valence-electron chi connectivity index (χ2n) is 0.615. The number of halogens is 1. The molecule has 0 rings (SSSR count). The van der Waals surface area contributed by atoms with E-state index in [1.165, 1.54) is 0 Å². The Kier molecular flexibility index (Phi) is 11.9. The maximum absolute atomic E-state index is 9.14. The Labute approximate surface area is 63.5 Å². The van der Waals surface area contributed by atoms with Crippen LogP contribution in [0.3, 0.4) is 0 Å². The largest absolute Gasteiger partial charge is 3.00 e. The molecule has 0 bridgehead atoms. The van der Waals surface area contributed by atoms with Crippen LogP contribution in [0.15, 0.2) is 0 Å². The molecule has 0 radical (unpaired) electrons. The van der Waals surface area contributed by atoms with Gasteiger partial charge >= 0.3 is 17.4 Å². The average molecular weight is 173 g/mol. The van der Waals surface area contributed by atoms with Crippen LogP contribution in [0.25, 0.3) is 0 Å². The number of hydrogen-bond donors (Lipinski definition) is 2. The van der Waals surface area contributed by atoms with Crippen molar-refractivity contribution in [2.24, 2.45) is 0 Å². The molecule has 0 aromatic heterocycles. The van der Waals surface area contributed by atoms with Crippen molar-refractivity contribution in [3.8, 4) is 0 Å². The summed E-state index contributed by atoms with van der Waals surface area (Å²) in [6, 6.07) is 0. The monoisotopic (exact) mass is 172 g/mol. The molecule has 0 aliphatic heterocycles. The quantitative estimate of drug-likeness (QED) is 0.233. The fourth-order valence-corrected chi connectivity index (χ4v) is 0. The van der Waals surface area contributed by atoms with Gasteiger partial charge in [0.2, 0.25) is 0 Å². The van der Waals surface area contributed by atoms with E-state index in [0.717, 1.165) is 0 Å². The number of rotatable bonds is 1. The van der Waals surface area contributed by atoms with Gasteiger partial charge in [-0.05, 0) is 0 Å². The van der Waals surface area contributed by atoms with E-state index in [0.29, 0.717) is 0 Å². The second-order valence-corrected chi connectivity index (χ2v) is 1.85. The molecule has 0 heterocycles. The maximum atomic E-state index is 9.14. The van der Waals surface area contributed by atoms with Crippen LogP contribution < -0.4 is 22.0 Å². The molecule has 2 N–H and O–H groups in total. The summed E-state index contributed by atoms with van der Waals surface area (Å²) in [5.41, 5.74) is 0. The topological polar surface area (TPSA) is 95.8 Å². The minimum atomic E-state index is -5.08. The van der Waals surface area contributed by atoms with Gasteiger partial charge in [-0.25, -0.2) is 0 Å². The van der Waals surface area contributed by atoms with E-state index in [-0.39, 0.29) is 29.8 Å². The molecule has 0 fully saturated rings. The molecule has 0 aromatic carbocycles. The predicted octanol–water partition coefficient (Wildman–Crippen LogP) is -6.75. The van der Waals surface area contributed by atoms with Gasteiger partial charge in [0.05, 0.1) is 0 Å². The van der Waals surface area contributed by atoms with Crippen molar-refractivity contribution >= 4 is 26.4 Å². The molecule has 0 unspecified atom stereocenters. The number of hydrogen-bond acceptors (Lipinski definition) is 5. The molecule has 0 saturated carbocycles. The third-order valence-corrected chi connectivity index (χ3v) is 0.346. The van der Waals surface area contributed by atoms with Gasteiger partial charge in [0.1, 0.15) is 0 Å². The van der Waals surface area contributed by atoms with Crippen molar-refractivity contribution in [3.63, 3.8) is 0 Å². The molecule has 46 valence electrons. The van der Waals surface area contributed by atoms with Gasteiger partial charge in [-0.1, -0.05) is 0 Å². The van der Waals surface area contributed by atoms with Crippen LogP contribution in [0.2, 0.25) is 0 Å². The van der Waals surface area contributed by atoms with Crippen molar-refractivity contribution in [2.75, 3.05) is 0 Å². The smallest absolute Gasteiger partial charge is 1.00 e. The molecule has 0 saturated heterocycles. The summed E-state index contributed by atoms with van der Waals surface area (Å²) in [6.07, 6.45) is 0. The van der Waals surface area contributed by atoms with Gasteiger partial charge in [-0.2, -0.15) is 0 Å². The molecule has 0 aromatic rings. The zero-order valence-corrected chi connectivity index (χ0v) is 6.49. The van der Waals surface area contributed by atoms with Gasteiger partial charge in [-0.3, -0.25) is 9.83 Å². The Morgan fingerprint density at radius 3 is 1.50 bits per heavy atom. The van der Waals surface area contributed by atoms with Crippen LogP contribution in [0.1, 0.15) is 0 Å². The molecule has 0 amide bonds. The summed E-state index contributed by atoms with van der Waals surface area (Å²) < 4.78 is 2.52. The summed E-state index contributed by atoms with van der Waals surface area (Å²) in [6.45, 7) is 0. The third-order valence-electron chi connectivity index (χ3n) is 0.115. The summed E-state index contributed by atoms with van der Waals surface area (Å²) in [7, 11) is -5.08. The summed E-state index contributed by atoms with van der Waals surface area (Å²) in [4.78, 5) is 25.7. The Bertz CT molecular complexity index is 42.2. The van der Waals surface area contributed by atoms with E-state index in [1.807, 2.05) is 0 Å². The minimum absolute atomic E-state index is 0. The van der Waals surface area contributed by atoms with Crippen molar-refractivity contribution in [3.05, 3.63) is 0 Å². The van der Waals surface area contributed by atoms with Crippen LogP contribution in [0.4, 0.5) is 0 Å². The molecular formula is H2AlClO5Si. The van der Waals surface area contributed by atoms with E-state index in [1.54, 1.807) is 0 Å². The normalized spacial score (nSPS) is 9.00. The molecule has 8 heteroatoms.